The van der Waals surface area contributed by atoms with E-state index in [-0.39, 0.29) is 23.6 Å². The molecule has 0 bridgehead atoms. The van der Waals surface area contributed by atoms with Crippen LogP contribution >= 0.6 is 0 Å². The lowest BCUT2D eigenvalue weighted by atomic mass is 10.1. The zero-order chi connectivity index (χ0) is 25.9. The van der Waals surface area contributed by atoms with Crippen LogP contribution in [-0.4, -0.2) is 48.3 Å². The number of likely N-dealkylation sites (N-methyl/N-ethyl adjacent to an activating group) is 1. The number of amides is 1. The lowest BCUT2D eigenvalue weighted by Gasteiger charge is -2.21. The molecule has 0 saturated heterocycles. The van der Waals surface area contributed by atoms with E-state index in [1.165, 1.54) is 29.4 Å². The number of carbonyl (C=O) groups excluding carboxylic acids is 1. The Kier molecular flexibility index (Phi) is 4.97. The van der Waals surface area contributed by atoms with Crippen LogP contribution in [0.25, 0.3) is 33.2 Å². The summed E-state index contributed by atoms with van der Waals surface area (Å²) in [6.07, 6.45) is -0.652. The summed E-state index contributed by atoms with van der Waals surface area (Å²) in [6, 6.07) is 9.68. The molecule has 6 rings (SSSR count). The zero-order valence-corrected chi connectivity index (χ0v) is 19.6. The fourth-order valence-corrected chi connectivity index (χ4v) is 4.41. The number of H-pyrrole nitrogens is 1. The molecule has 0 fully saturated rings. The highest BCUT2D eigenvalue weighted by molar-refractivity contribution is 5.95. The maximum atomic E-state index is 13.4. The molecule has 4 heterocycles. The van der Waals surface area contributed by atoms with Gasteiger partial charge in [-0.1, -0.05) is 6.07 Å². The largest absolute Gasteiger partial charge is 0.586 e. The Morgan fingerprint density at radius 1 is 1.16 bits per heavy atom. The zero-order valence-electron chi connectivity index (χ0n) is 19.6. The molecule has 0 saturated carbocycles. The van der Waals surface area contributed by atoms with E-state index in [4.69, 9.17) is 0 Å². The normalized spacial score (nSPS) is 13.9. The summed E-state index contributed by atoms with van der Waals surface area (Å²) in [6.45, 7) is 1.54. The van der Waals surface area contributed by atoms with Crippen LogP contribution in [0.2, 0.25) is 0 Å². The van der Waals surface area contributed by atoms with Crippen molar-refractivity contribution in [2.24, 2.45) is 7.05 Å². The minimum Gasteiger partial charge on any atom is -0.395 e. The second kappa shape index (κ2) is 8.11. The number of rotatable bonds is 5. The van der Waals surface area contributed by atoms with Gasteiger partial charge in [0.05, 0.1) is 18.0 Å². The first-order chi connectivity index (χ1) is 17.7. The molecule has 5 aromatic rings. The van der Waals surface area contributed by atoms with Gasteiger partial charge in [0.2, 0.25) is 5.91 Å². The first-order valence-electron chi connectivity index (χ1n) is 11.3. The topological polar surface area (TPSA) is 120 Å². The highest BCUT2D eigenvalue weighted by atomic mass is 19.3. The number of anilines is 1. The van der Waals surface area contributed by atoms with Gasteiger partial charge in [0.15, 0.2) is 11.5 Å². The minimum absolute atomic E-state index is 0.130. The van der Waals surface area contributed by atoms with Gasteiger partial charge >= 0.3 is 6.29 Å². The van der Waals surface area contributed by atoms with Crippen LogP contribution in [0.4, 0.5) is 14.5 Å². The Hall–Kier alpha value is -4.81. The summed E-state index contributed by atoms with van der Waals surface area (Å²) in [5.41, 5.74) is 2.41. The number of halogens is 2. The summed E-state index contributed by atoms with van der Waals surface area (Å²) < 4.78 is 38.6. The Labute approximate surface area is 206 Å². The summed E-state index contributed by atoms with van der Waals surface area (Å²) in [5, 5.41) is 9.62. The molecule has 1 aliphatic rings. The Balaban J connectivity index is 1.37. The van der Waals surface area contributed by atoms with Gasteiger partial charge in [-0.25, -0.2) is 9.67 Å². The molecule has 0 atom stereocenters. The number of aromatic amines is 1. The van der Waals surface area contributed by atoms with E-state index in [9.17, 15) is 18.4 Å². The van der Waals surface area contributed by atoms with Crippen molar-refractivity contribution < 1.29 is 23.0 Å². The molecule has 2 aromatic carbocycles. The molecule has 0 unspecified atom stereocenters. The van der Waals surface area contributed by atoms with Crippen LogP contribution in [0.15, 0.2) is 53.7 Å². The molecule has 13 heteroatoms. The van der Waals surface area contributed by atoms with Crippen LogP contribution in [0.5, 0.6) is 11.5 Å². The molecule has 1 amide bonds. The molecule has 1 N–H and O–H groups in total. The maximum absolute atomic E-state index is 13.4. The van der Waals surface area contributed by atoms with Crippen LogP contribution < -0.4 is 19.9 Å². The second-order valence-electron chi connectivity index (χ2n) is 8.42. The van der Waals surface area contributed by atoms with Gasteiger partial charge in [-0.2, -0.15) is 10.2 Å². The standard InChI is InChI=1S/C24H19F2N7O4/c1-3-32(15-5-7-17-18(9-15)37-24(25,26)36-17)19(34)11-33-23(35)22-21(27-12-28-22)20(30-33)13-4-6-16-14(8-13)10-29-31(16)2/h4-10,12H,3,11H2,1-2H3,(H,27,28). The van der Waals surface area contributed by atoms with Gasteiger partial charge in [-0.05, 0) is 31.2 Å². The van der Waals surface area contributed by atoms with Gasteiger partial charge in [0, 0.05) is 36.3 Å². The summed E-state index contributed by atoms with van der Waals surface area (Å²) in [7, 11) is 1.84. The van der Waals surface area contributed by atoms with E-state index in [2.05, 4.69) is 29.6 Å². The first kappa shape index (κ1) is 22.6. The van der Waals surface area contributed by atoms with Crippen molar-refractivity contribution in [1.82, 2.24) is 29.5 Å². The average Bonchev–Trinajstić information content (AvgIpc) is 3.57. The third kappa shape index (κ3) is 3.75. The van der Waals surface area contributed by atoms with Gasteiger partial charge < -0.3 is 19.4 Å². The quantitative estimate of drug-likeness (QED) is 0.388. The Morgan fingerprint density at radius 3 is 2.78 bits per heavy atom. The fraction of sp³-hybridized carbons (Fsp3) is 0.208. The van der Waals surface area contributed by atoms with Gasteiger partial charge in [-0.15, -0.1) is 8.78 Å². The number of nitrogens with zero attached hydrogens (tertiary/aromatic N) is 6. The third-order valence-electron chi connectivity index (χ3n) is 6.15. The monoisotopic (exact) mass is 507 g/mol. The molecule has 3 aromatic heterocycles. The molecule has 188 valence electrons. The SMILES string of the molecule is CCN(C(=O)Cn1nc(-c2ccc3c(cnn3C)c2)c2nc[nH]c2c1=O)c1ccc2c(c1)OC(F)(F)O2. The molecule has 0 radical (unpaired) electrons. The predicted octanol–water partition coefficient (Wildman–Crippen LogP) is 3.05. The van der Waals surface area contributed by atoms with Gasteiger partial charge in [0.25, 0.3) is 5.56 Å². The molecule has 0 aliphatic carbocycles. The number of fused-ring (bicyclic) bond motifs is 3. The average molecular weight is 507 g/mol. The third-order valence-corrected chi connectivity index (χ3v) is 6.15. The van der Waals surface area contributed by atoms with Crippen LogP contribution in [-0.2, 0) is 18.4 Å². The molecule has 1 aliphatic heterocycles. The molecule has 37 heavy (non-hydrogen) atoms. The van der Waals surface area contributed by atoms with Gasteiger partial charge in [-0.3, -0.25) is 14.3 Å². The lowest BCUT2D eigenvalue weighted by molar-refractivity contribution is -0.286. The summed E-state index contributed by atoms with van der Waals surface area (Å²) in [4.78, 5) is 34.9. The van der Waals surface area contributed by atoms with Crippen molar-refractivity contribution in [3.05, 3.63) is 59.3 Å². The fourth-order valence-electron chi connectivity index (χ4n) is 4.41. The number of hydrogen-bond donors (Lipinski definition) is 1. The van der Waals surface area contributed by atoms with E-state index >= 15 is 0 Å². The minimum atomic E-state index is -3.77. The number of hydrogen-bond acceptors (Lipinski definition) is 7. The van der Waals surface area contributed by atoms with Crippen molar-refractivity contribution in [3.8, 4) is 22.8 Å². The van der Waals surface area contributed by atoms with Crippen LogP contribution in [0.1, 0.15) is 6.92 Å². The number of imidazole rings is 1. The predicted molar refractivity (Wildman–Crippen MR) is 129 cm³/mol. The number of nitrogens with one attached hydrogen (secondary N) is 1. The number of alkyl halides is 2. The van der Waals surface area contributed by atoms with Crippen molar-refractivity contribution >= 4 is 33.5 Å². The number of carbonyl (C=O) groups is 1. The number of ether oxygens (including phenoxy) is 2. The Bertz CT molecular complexity index is 1760. The number of aromatic nitrogens is 6. The van der Waals surface area contributed by atoms with Crippen molar-refractivity contribution in [3.63, 3.8) is 0 Å². The molecular formula is C24H19F2N7O4. The van der Waals surface area contributed by atoms with E-state index in [1.54, 1.807) is 17.8 Å². The van der Waals surface area contributed by atoms with Gasteiger partial charge in [0.1, 0.15) is 23.3 Å². The highest BCUT2D eigenvalue weighted by Gasteiger charge is 2.43. The first-order valence-corrected chi connectivity index (χ1v) is 11.3. The van der Waals surface area contributed by atoms with Crippen molar-refractivity contribution in [1.29, 1.82) is 0 Å². The lowest BCUT2D eigenvalue weighted by Crippen LogP contribution is -2.37. The smallest absolute Gasteiger partial charge is 0.395 e. The van der Waals surface area contributed by atoms with E-state index in [0.717, 1.165) is 15.6 Å². The van der Waals surface area contributed by atoms with E-state index in [1.807, 2.05) is 25.2 Å². The highest BCUT2D eigenvalue weighted by Crippen LogP contribution is 2.42. The maximum Gasteiger partial charge on any atom is 0.586 e. The van der Waals surface area contributed by atoms with Crippen molar-refractivity contribution in [2.75, 3.05) is 11.4 Å². The van der Waals surface area contributed by atoms with E-state index < -0.39 is 24.3 Å². The number of benzene rings is 2. The number of aryl methyl sites for hydroxylation is 1. The summed E-state index contributed by atoms with van der Waals surface area (Å²) in [5.74, 6) is -0.790. The molecular weight excluding hydrogens is 488 g/mol. The van der Waals surface area contributed by atoms with Crippen LogP contribution in [0.3, 0.4) is 0 Å². The second-order valence-corrected chi connectivity index (χ2v) is 8.42. The Morgan fingerprint density at radius 2 is 1.97 bits per heavy atom. The van der Waals surface area contributed by atoms with Crippen molar-refractivity contribution in [2.45, 2.75) is 19.8 Å². The molecule has 0 spiro atoms. The molecule has 11 nitrogen and oxygen atoms in total. The van der Waals surface area contributed by atoms with Crippen LogP contribution in [0, 0.1) is 0 Å². The summed E-state index contributed by atoms with van der Waals surface area (Å²) >= 11 is 0. The van der Waals surface area contributed by atoms with E-state index in [0.29, 0.717) is 22.5 Å².